The van der Waals surface area contributed by atoms with Crippen molar-refractivity contribution in [1.82, 2.24) is 10.2 Å². The van der Waals surface area contributed by atoms with Crippen LogP contribution in [0.1, 0.15) is 74.1 Å². The van der Waals surface area contributed by atoms with E-state index < -0.39 is 35.4 Å². The maximum atomic E-state index is 13.5. The molecule has 0 saturated carbocycles. The van der Waals surface area contributed by atoms with Gasteiger partial charge in [-0.2, -0.15) is 26.3 Å². The highest BCUT2D eigenvalue weighted by Crippen LogP contribution is 2.46. The van der Waals surface area contributed by atoms with Gasteiger partial charge in [-0.25, -0.2) is 4.79 Å². The van der Waals surface area contributed by atoms with Gasteiger partial charge in [0.2, 0.25) is 0 Å². The quantitative estimate of drug-likeness (QED) is 0.169. The number of halogens is 6. The molecule has 6 nitrogen and oxygen atoms in total. The molecule has 2 aliphatic heterocycles. The fourth-order valence-electron chi connectivity index (χ4n) is 5.67. The van der Waals surface area contributed by atoms with Crippen LogP contribution in [0.2, 0.25) is 0 Å². The zero-order valence-corrected chi connectivity index (χ0v) is 23.5. The number of urea groups is 1. The number of aryl methyl sites for hydroxylation is 2. The number of carbonyl (C=O) groups excluding carboxylic acids is 2. The molecule has 0 spiro atoms. The number of ether oxygens (including phenoxy) is 2. The third kappa shape index (κ3) is 6.47. The third-order valence-electron chi connectivity index (χ3n) is 7.81. The van der Waals surface area contributed by atoms with Crippen molar-refractivity contribution in [2.45, 2.75) is 82.6 Å². The van der Waals surface area contributed by atoms with Gasteiger partial charge in [-0.15, -0.1) is 0 Å². The lowest BCUT2D eigenvalue weighted by Gasteiger charge is -2.27. The maximum absolute atomic E-state index is 13.5. The third-order valence-corrected chi connectivity index (χ3v) is 7.81. The van der Waals surface area contributed by atoms with Gasteiger partial charge in [-0.05, 0) is 66.5 Å². The summed E-state index contributed by atoms with van der Waals surface area (Å²) in [6, 6.07) is 7.96. The first-order chi connectivity index (χ1) is 19.8. The Bertz CT molecular complexity index is 1280. The molecule has 230 valence electrons. The monoisotopic (exact) mass is 600 g/mol. The highest BCUT2D eigenvalue weighted by molar-refractivity contribution is 6.07. The molecule has 3 amide bonds. The molecule has 0 aliphatic carbocycles. The van der Waals surface area contributed by atoms with Gasteiger partial charge in [-0.1, -0.05) is 51.0 Å². The number of unbranched alkanes of at least 4 members (excludes halogenated alkanes) is 2. The topological polar surface area (TPSA) is 67.9 Å². The number of nitrogens with one attached hydrogen (secondary N) is 1. The molecule has 4 rings (SSSR count). The molecule has 2 aliphatic rings. The van der Waals surface area contributed by atoms with Gasteiger partial charge in [0.15, 0.2) is 17.4 Å². The van der Waals surface area contributed by atoms with Crippen molar-refractivity contribution < 1.29 is 45.4 Å². The number of fused-ring (bicyclic) bond motifs is 1. The second-order valence-electron chi connectivity index (χ2n) is 10.6. The first-order valence-electron chi connectivity index (χ1n) is 14.1. The van der Waals surface area contributed by atoms with E-state index in [0.29, 0.717) is 86.3 Å². The number of hydrogen-bond donors (Lipinski definition) is 1. The lowest BCUT2D eigenvalue weighted by molar-refractivity contribution is -0.253. The summed E-state index contributed by atoms with van der Waals surface area (Å²) in [4.78, 5) is 27.5. The SMILES string of the molecule is CCCc1cc(C(C(F)(F)F)C(F)(F)F)ccc1CCCCCN1C(=O)NC(CC)(c2ccc3c(c2)OCCO3)C1=O. The van der Waals surface area contributed by atoms with Gasteiger partial charge in [-0.3, -0.25) is 9.69 Å². The van der Waals surface area contributed by atoms with E-state index in [1.807, 2.05) is 6.92 Å². The summed E-state index contributed by atoms with van der Waals surface area (Å²) < 4.78 is 90.6. The van der Waals surface area contributed by atoms with E-state index in [4.69, 9.17) is 9.47 Å². The maximum Gasteiger partial charge on any atom is 0.404 e. The van der Waals surface area contributed by atoms with Gasteiger partial charge < -0.3 is 14.8 Å². The van der Waals surface area contributed by atoms with Crippen LogP contribution < -0.4 is 14.8 Å². The number of amides is 3. The summed E-state index contributed by atoms with van der Waals surface area (Å²) in [5.41, 5.74) is -0.274. The van der Waals surface area contributed by atoms with Crippen molar-refractivity contribution in [1.29, 1.82) is 0 Å². The Morgan fingerprint density at radius 2 is 1.55 bits per heavy atom. The Hall–Kier alpha value is -3.44. The molecule has 2 aromatic carbocycles. The van der Waals surface area contributed by atoms with E-state index in [1.165, 1.54) is 11.0 Å². The summed E-state index contributed by atoms with van der Waals surface area (Å²) in [7, 11) is 0. The van der Waals surface area contributed by atoms with Crippen LogP contribution in [-0.4, -0.2) is 48.9 Å². The minimum absolute atomic E-state index is 0.177. The molecule has 1 saturated heterocycles. The predicted molar refractivity (Wildman–Crippen MR) is 142 cm³/mol. The van der Waals surface area contributed by atoms with Crippen LogP contribution in [-0.2, 0) is 23.2 Å². The van der Waals surface area contributed by atoms with Gasteiger partial charge in [0.1, 0.15) is 18.8 Å². The van der Waals surface area contributed by atoms with Crippen molar-refractivity contribution in [2.24, 2.45) is 0 Å². The minimum atomic E-state index is -5.44. The molecular weight excluding hydrogens is 566 g/mol. The van der Waals surface area contributed by atoms with Crippen molar-refractivity contribution in [2.75, 3.05) is 19.8 Å². The van der Waals surface area contributed by atoms with Crippen LogP contribution in [0, 0.1) is 0 Å². The molecule has 1 fully saturated rings. The van der Waals surface area contributed by atoms with E-state index in [0.717, 1.165) is 12.1 Å². The molecule has 12 heteroatoms. The highest BCUT2D eigenvalue weighted by Gasteiger charge is 2.57. The lowest BCUT2D eigenvalue weighted by atomic mass is 9.86. The van der Waals surface area contributed by atoms with Gasteiger partial charge in [0.25, 0.3) is 5.91 Å². The van der Waals surface area contributed by atoms with Gasteiger partial charge >= 0.3 is 18.4 Å². The molecule has 1 N–H and O–H groups in total. The fourth-order valence-corrected chi connectivity index (χ4v) is 5.67. The Morgan fingerprint density at radius 1 is 0.857 bits per heavy atom. The number of imide groups is 1. The zero-order valence-electron chi connectivity index (χ0n) is 23.5. The van der Waals surface area contributed by atoms with E-state index >= 15 is 0 Å². The first-order valence-corrected chi connectivity index (χ1v) is 14.1. The predicted octanol–water partition coefficient (Wildman–Crippen LogP) is 7.19. The number of rotatable bonds is 11. The van der Waals surface area contributed by atoms with E-state index in [-0.39, 0.29) is 12.5 Å². The molecule has 1 unspecified atom stereocenters. The van der Waals surface area contributed by atoms with Crippen molar-refractivity contribution in [3.63, 3.8) is 0 Å². The number of nitrogens with zero attached hydrogens (tertiary/aromatic N) is 1. The van der Waals surface area contributed by atoms with Crippen LogP contribution in [0.3, 0.4) is 0 Å². The van der Waals surface area contributed by atoms with Gasteiger partial charge in [0.05, 0.1) is 0 Å². The Kier molecular flexibility index (Phi) is 9.32. The van der Waals surface area contributed by atoms with Gasteiger partial charge in [0, 0.05) is 6.54 Å². The number of benzene rings is 2. The number of hydrogen-bond acceptors (Lipinski definition) is 4. The summed E-state index contributed by atoms with van der Waals surface area (Å²) in [5.74, 6) is -2.82. The summed E-state index contributed by atoms with van der Waals surface area (Å²) in [5, 5.41) is 2.84. The van der Waals surface area contributed by atoms with E-state index in [2.05, 4.69) is 5.32 Å². The van der Waals surface area contributed by atoms with Crippen molar-refractivity contribution in [3.8, 4) is 11.5 Å². The van der Waals surface area contributed by atoms with Crippen molar-refractivity contribution in [3.05, 3.63) is 58.7 Å². The molecule has 1 atom stereocenters. The largest absolute Gasteiger partial charge is 0.486 e. The normalized spacial score (nSPS) is 19.0. The zero-order chi connectivity index (χ0) is 30.7. The number of alkyl halides is 6. The second-order valence-corrected chi connectivity index (χ2v) is 10.6. The average molecular weight is 601 g/mol. The van der Waals surface area contributed by atoms with Crippen LogP contribution in [0.5, 0.6) is 11.5 Å². The Morgan fingerprint density at radius 3 is 2.19 bits per heavy atom. The summed E-state index contributed by atoms with van der Waals surface area (Å²) >= 11 is 0. The smallest absolute Gasteiger partial charge is 0.404 e. The Balaban J connectivity index is 1.38. The summed E-state index contributed by atoms with van der Waals surface area (Å²) in [6.45, 7) is 4.60. The highest BCUT2D eigenvalue weighted by atomic mass is 19.4. The molecule has 2 heterocycles. The number of carbonyl (C=O) groups is 2. The molecule has 0 bridgehead atoms. The van der Waals surface area contributed by atoms with Crippen molar-refractivity contribution >= 4 is 11.9 Å². The first kappa shape index (κ1) is 31.5. The van der Waals surface area contributed by atoms with Crippen LogP contribution >= 0.6 is 0 Å². The molecular formula is C30H34F6N2O4. The standard InChI is InChI=1S/C30H34F6N2O4/c1-3-8-20-17-21(25(29(31,32)33)30(34,35)36)11-10-19(20)9-6-5-7-14-38-26(39)28(4-2,37-27(38)40)22-12-13-23-24(18-22)42-16-15-41-23/h10-13,17-18,25H,3-9,14-16H2,1-2H3,(H,37,40). The minimum Gasteiger partial charge on any atom is -0.486 e. The molecule has 2 aromatic rings. The van der Waals surface area contributed by atoms with Crippen LogP contribution in [0.25, 0.3) is 0 Å². The lowest BCUT2D eigenvalue weighted by Crippen LogP contribution is -2.43. The van der Waals surface area contributed by atoms with E-state index in [1.54, 1.807) is 25.1 Å². The van der Waals surface area contributed by atoms with Crippen LogP contribution in [0.15, 0.2) is 36.4 Å². The van der Waals surface area contributed by atoms with Crippen LogP contribution in [0.4, 0.5) is 31.1 Å². The fraction of sp³-hybridized carbons (Fsp3) is 0.533. The molecule has 0 radical (unpaired) electrons. The second kappa shape index (κ2) is 12.4. The molecule has 42 heavy (non-hydrogen) atoms. The Labute approximate surface area is 240 Å². The van der Waals surface area contributed by atoms with E-state index in [9.17, 15) is 35.9 Å². The molecule has 0 aromatic heterocycles. The summed E-state index contributed by atoms with van der Waals surface area (Å²) in [6.07, 6.45) is -7.52. The average Bonchev–Trinajstić information content (AvgIpc) is 3.17.